The Balaban J connectivity index is 2.49. The SMILES string of the molecule is SCCN(CI)C1(CI)COC1. The van der Waals surface area contributed by atoms with Gasteiger partial charge in [-0.05, 0) is 0 Å². The lowest BCUT2D eigenvalue weighted by molar-refractivity contribution is -0.116. The summed E-state index contributed by atoms with van der Waals surface area (Å²) in [6, 6.07) is 0. The van der Waals surface area contributed by atoms with Crippen molar-refractivity contribution in [2.75, 3.05) is 34.5 Å². The normalized spacial score (nSPS) is 21.0. The molecule has 0 aromatic carbocycles. The van der Waals surface area contributed by atoms with Crippen LogP contribution in [-0.4, -0.2) is 44.9 Å². The number of hydrogen-bond donors (Lipinski definition) is 1. The van der Waals surface area contributed by atoms with E-state index in [-0.39, 0.29) is 0 Å². The van der Waals surface area contributed by atoms with E-state index in [4.69, 9.17) is 4.74 Å². The van der Waals surface area contributed by atoms with Gasteiger partial charge in [-0.15, -0.1) is 0 Å². The average Bonchev–Trinajstić information content (AvgIpc) is 2.02. The molecule has 0 spiro atoms. The summed E-state index contributed by atoms with van der Waals surface area (Å²) < 4.78 is 7.51. The Bertz CT molecular complexity index is 138. The molecule has 0 amide bonds. The molecule has 1 rings (SSSR count). The maximum atomic E-state index is 5.28. The Morgan fingerprint density at radius 1 is 1.42 bits per heavy atom. The highest BCUT2D eigenvalue weighted by molar-refractivity contribution is 14.1. The van der Waals surface area contributed by atoms with Gasteiger partial charge >= 0.3 is 0 Å². The molecule has 12 heavy (non-hydrogen) atoms. The van der Waals surface area contributed by atoms with Crippen molar-refractivity contribution >= 4 is 57.8 Å². The van der Waals surface area contributed by atoms with E-state index in [1.54, 1.807) is 0 Å². The van der Waals surface area contributed by atoms with E-state index in [1.807, 2.05) is 0 Å². The first kappa shape index (κ1) is 11.8. The second-order valence-corrected chi connectivity index (χ2v) is 4.85. The Labute approximate surface area is 106 Å². The zero-order valence-electron chi connectivity index (χ0n) is 6.80. The van der Waals surface area contributed by atoms with Crippen molar-refractivity contribution in [1.82, 2.24) is 4.90 Å². The van der Waals surface area contributed by atoms with Crippen LogP contribution in [0.4, 0.5) is 0 Å². The van der Waals surface area contributed by atoms with Gasteiger partial charge in [-0.3, -0.25) is 4.90 Å². The standard InChI is InChI=1S/C7H13I2NOS/c8-3-7(4-11-5-7)10(6-9)1-2-12/h12H,1-6H2. The molecule has 0 aliphatic carbocycles. The average molecular weight is 413 g/mol. The summed E-state index contributed by atoms with van der Waals surface area (Å²) >= 11 is 9.12. The molecule has 1 aliphatic rings. The van der Waals surface area contributed by atoms with Crippen LogP contribution in [0.25, 0.3) is 0 Å². The number of ether oxygens (including phenoxy) is 1. The fourth-order valence-corrected chi connectivity index (χ4v) is 3.46. The molecule has 0 saturated carbocycles. The fourth-order valence-electron chi connectivity index (χ4n) is 1.23. The number of halogens is 2. The van der Waals surface area contributed by atoms with Gasteiger partial charge in [-0.1, -0.05) is 45.2 Å². The molecule has 1 fully saturated rings. The van der Waals surface area contributed by atoms with Gasteiger partial charge < -0.3 is 4.74 Å². The van der Waals surface area contributed by atoms with Gasteiger partial charge in [0.2, 0.25) is 0 Å². The third-order valence-corrected chi connectivity index (χ3v) is 4.62. The predicted molar refractivity (Wildman–Crippen MR) is 71.9 cm³/mol. The smallest absolute Gasteiger partial charge is 0.0775 e. The van der Waals surface area contributed by atoms with E-state index in [2.05, 4.69) is 62.7 Å². The molecular formula is C7H13I2NOS. The molecule has 0 aromatic heterocycles. The third kappa shape index (κ3) is 2.40. The maximum Gasteiger partial charge on any atom is 0.0775 e. The van der Waals surface area contributed by atoms with Crippen molar-refractivity contribution in [1.29, 1.82) is 0 Å². The van der Waals surface area contributed by atoms with E-state index < -0.39 is 0 Å². The monoisotopic (exact) mass is 413 g/mol. The molecule has 0 N–H and O–H groups in total. The summed E-state index contributed by atoms with van der Waals surface area (Å²) in [5.74, 6) is 0.932. The van der Waals surface area contributed by atoms with Crippen LogP contribution in [0.3, 0.4) is 0 Å². The molecule has 0 atom stereocenters. The minimum Gasteiger partial charge on any atom is -0.377 e. The van der Waals surface area contributed by atoms with E-state index in [0.29, 0.717) is 5.54 Å². The minimum absolute atomic E-state index is 0.324. The van der Waals surface area contributed by atoms with Gasteiger partial charge in [0.15, 0.2) is 0 Å². The summed E-state index contributed by atoms with van der Waals surface area (Å²) in [6.07, 6.45) is 0. The van der Waals surface area contributed by atoms with Crippen LogP contribution in [0.1, 0.15) is 0 Å². The van der Waals surface area contributed by atoms with Crippen molar-refractivity contribution in [2.24, 2.45) is 0 Å². The Morgan fingerprint density at radius 2 is 2.08 bits per heavy atom. The quantitative estimate of drug-likeness (QED) is 0.320. The second kappa shape index (κ2) is 5.57. The van der Waals surface area contributed by atoms with Crippen LogP contribution in [0.15, 0.2) is 0 Å². The summed E-state index contributed by atoms with van der Waals surface area (Å²) in [4.78, 5) is 2.47. The lowest BCUT2D eigenvalue weighted by atomic mass is 9.99. The van der Waals surface area contributed by atoms with Crippen molar-refractivity contribution in [3.8, 4) is 0 Å². The zero-order valence-corrected chi connectivity index (χ0v) is 12.0. The van der Waals surface area contributed by atoms with Crippen LogP contribution in [-0.2, 0) is 4.74 Å². The van der Waals surface area contributed by atoms with Gasteiger partial charge in [0.1, 0.15) is 0 Å². The van der Waals surface area contributed by atoms with Crippen LogP contribution < -0.4 is 0 Å². The predicted octanol–water partition coefficient (Wildman–Crippen LogP) is 1.81. The topological polar surface area (TPSA) is 12.5 Å². The molecule has 5 heteroatoms. The van der Waals surface area contributed by atoms with Gasteiger partial charge in [0.05, 0.1) is 23.3 Å². The van der Waals surface area contributed by atoms with E-state index in [0.717, 1.165) is 34.5 Å². The van der Waals surface area contributed by atoms with E-state index in [9.17, 15) is 0 Å². The number of thiol groups is 1. The minimum atomic E-state index is 0.324. The van der Waals surface area contributed by atoms with Crippen LogP contribution >= 0.6 is 57.8 Å². The molecule has 1 saturated heterocycles. The lowest BCUT2D eigenvalue weighted by Crippen LogP contribution is -2.63. The highest BCUT2D eigenvalue weighted by Crippen LogP contribution is 2.28. The van der Waals surface area contributed by atoms with Crippen LogP contribution in [0.5, 0.6) is 0 Å². The summed E-state index contributed by atoms with van der Waals surface area (Å²) in [7, 11) is 0. The third-order valence-electron chi connectivity index (χ3n) is 2.18. The van der Waals surface area contributed by atoms with Crippen LogP contribution in [0, 0.1) is 0 Å². The van der Waals surface area contributed by atoms with Gasteiger partial charge in [-0.2, -0.15) is 12.6 Å². The largest absolute Gasteiger partial charge is 0.377 e. The first-order chi connectivity index (χ1) is 5.79. The van der Waals surface area contributed by atoms with E-state index in [1.165, 1.54) is 0 Å². The van der Waals surface area contributed by atoms with Crippen molar-refractivity contribution < 1.29 is 4.74 Å². The van der Waals surface area contributed by atoms with Crippen molar-refractivity contribution in [3.05, 3.63) is 0 Å². The zero-order chi connectivity index (χ0) is 9.03. The summed E-state index contributed by atoms with van der Waals surface area (Å²) in [6.45, 7) is 2.86. The van der Waals surface area contributed by atoms with Crippen molar-refractivity contribution in [2.45, 2.75) is 5.54 Å². The number of hydrogen-bond acceptors (Lipinski definition) is 3. The first-order valence-corrected chi connectivity index (χ1v) is 7.53. The van der Waals surface area contributed by atoms with Gasteiger partial charge in [0, 0.05) is 16.7 Å². The molecule has 2 nitrogen and oxygen atoms in total. The molecule has 1 heterocycles. The fraction of sp³-hybridized carbons (Fsp3) is 1.00. The molecule has 0 radical (unpaired) electrons. The molecule has 0 bridgehead atoms. The Hall–Kier alpha value is 1.73. The second-order valence-electron chi connectivity index (χ2n) is 2.96. The molecular weight excluding hydrogens is 400 g/mol. The molecule has 0 unspecified atom stereocenters. The summed E-state index contributed by atoms with van der Waals surface area (Å²) in [5, 5.41) is 0. The lowest BCUT2D eigenvalue weighted by Gasteiger charge is -2.48. The number of nitrogens with zero attached hydrogens (tertiary/aromatic N) is 1. The van der Waals surface area contributed by atoms with E-state index >= 15 is 0 Å². The number of rotatable bonds is 5. The van der Waals surface area contributed by atoms with Crippen molar-refractivity contribution in [3.63, 3.8) is 0 Å². The first-order valence-electron chi connectivity index (χ1n) is 3.84. The maximum absolute atomic E-state index is 5.28. The Morgan fingerprint density at radius 3 is 2.33 bits per heavy atom. The van der Waals surface area contributed by atoms with Crippen LogP contribution in [0.2, 0.25) is 0 Å². The highest BCUT2D eigenvalue weighted by Gasteiger charge is 2.42. The highest BCUT2D eigenvalue weighted by atomic mass is 127. The molecule has 72 valence electrons. The van der Waals surface area contributed by atoms with Gasteiger partial charge in [-0.25, -0.2) is 0 Å². The number of alkyl halides is 2. The summed E-state index contributed by atoms with van der Waals surface area (Å²) in [5.41, 5.74) is 0.324. The van der Waals surface area contributed by atoms with Gasteiger partial charge in [0.25, 0.3) is 0 Å². The Kier molecular flexibility index (Phi) is 5.48. The molecule has 1 aliphatic heterocycles. The molecule has 0 aromatic rings.